The molecule has 1 aromatic carbocycles. The van der Waals surface area contributed by atoms with Gasteiger partial charge in [0.15, 0.2) is 0 Å². The van der Waals surface area contributed by atoms with E-state index in [9.17, 15) is 4.79 Å². The molecular formula is C14H22Cl2N4O. The molecule has 0 fully saturated rings. The molecule has 1 amide bonds. The van der Waals surface area contributed by atoms with E-state index in [1.165, 1.54) is 0 Å². The zero-order valence-corrected chi connectivity index (χ0v) is 14.1. The van der Waals surface area contributed by atoms with Gasteiger partial charge in [-0.15, -0.1) is 0 Å². The number of rotatable bonds is 7. The van der Waals surface area contributed by atoms with Crippen molar-refractivity contribution in [2.75, 3.05) is 51.8 Å². The molecule has 0 spiro atoms. The van der Waals surface area contributed by atoms with Crippen LogP contribution in [0.1, 0.15) is 6.42 Å². The van der Waals surface area contributed by atoms with Crippen molar-refractivity contribution >= 4 is 40.5 Å². The molecule has 0 saturated carbocycles. The lowest BCUT2D eigenvalue weighted by Crippen LogP contribution is -2.32. The van der Waals surface area contributed by atoms with Crippen LogP contribution < -0.4 is 11.1 Å². The van der Waals surface area contributed by atoms with E-state index in [4.69, 9.17) is 28.9 Å². The quantitative estimate of drug-likeness (QED) is 0.752. The van der Waals surface area contributed by atoms with E-state index >= 15 is 0 Å². The number of anilines is 2. The number of likely N-dealkylation sites (N-methyl/N-ethyl adjacent to an activating group) is 1. The summed E-state index contributed by atoms with van der Waals surface area (Å²) in [5.41, 5.74) is 6.49. The van der Waals surface area contributed by atoms with E-state index in [2.05, 4.69) is 10.2 Å². The molecule has 5 nitrogen and oxygen atoms in total. The molecule has 0 saturated heterocycles. The number of halogens is 2. The Morgan fingerprint density at radius 1 is 1.19 bits per heavy atom. The minimum Gasteiger partial charge on any atom is -0.399 e. The van der Waals surface area contributed by atoms with Crippen LogP contribution in [0.15, 0.2) is 12.1 Å². The van der Waals surface area contributed by atoms with Crippen LogP contribution in [0, 0.1) is 0 Å². The highest BCUT2D eigenvalue weighted by Crippen LogP contribution is 2.32. The molecule has 118 valence electrons. The Labute approximate surface area is 136 Å². The SMILES string of the molecule is CN(C)CCCN(C)CC(=O)Nc1c(Cl)cc(N)cc1Cl. The summed E-state index contributed by atoms with van der Waals surface area (Å²) in [6, 6.07) is 3.12. The van der Waals surface area contributed by atoms with Gasteiger partial charge in [-0.2, -0.15) is 0 Å². The molecule has 0 unspecified atom stereocenters. The predicted molar refractivity (Wildman–Crippen MR) is 90.2 cm³/mol. The Morgan fingerprint density at radius 3 is 2.29 bits per heavy atom. The van der Waals surface area contributed by atoms with E-state index in [-0.39, 0.29) is 12.5 Å². The van der Waals surface area contributed by atoms with Crippen LogP contribution in [-0.4, -0.2) is 56.5 Å². The maximum Gasteiger partial charge on any atom is 0.238 e. The van der Waals surface area contributed by atoms with Crippen LogP contribution in [0.2, 0.25) is 10.0 Å². The summed E-state index contributed by atoms with van der Waals surface area (Å²) in [7, 11) is 5.96. The fraction of sp³-hybridized carbons (Fsp3) is 0.500. The number of nitrogens with two attached hydrogens (primary N) is 1. The second-order valence-corrected chi connectivity index (χ2v) is 6.12. The number of carbonyl (C=O) groups excluding carboxylic acids is 1. The van der Waals surface area contributed by atoms with Crippen LogP contribution in [0.25, 0.3) is 0 Å². The summed E-state index contributed by atoms with van der Waals surface area (Å²) in [5, 5.41) is 3.40. The number of benzene rings is 1. The van der Waals surface area contributed by atoms with Gasteiger partial charge in [-0.1, -0.05) is 23.2 Å². The van der Waals surface area contributed by atoms with Crippen molar-refractivity contribution in [3.05, 3.63) is 22.2 Å². The number of hydrogen-bond donors (Lipinski definition) is 2. The van der Waals surface area contributed by atoms with E-state index in [1.807, 2.05) is 26.0 Å². The van der Waals surface area contributed by atoms with Crippen LogP contribution in [0.5, 0.6) is 0 Å². The molecule has 0 aliphatic carbocycles. The number of amides is 1. The summed E-state index contributed by atoms with van der Waals surface area (Å²) in [4.78, 5) is 16.1. The number of nitrogen functional groups attached to an aromatic ring is 1. The average molecular weight is 333 g/mol. The summed E-state index contributed by atoms with van der Waals surface area (Å²) < 4.78 is 0. The van der Waals surface area contributed by atoms with Gasteiger partial charge in [0.1, 0.15) is 0 Å². The Bertz CT molecular complexity index is 471. The third-order valence-electron chi connectivity index (χ3n) is 2.89. The van der Waals surface area contributed by atoms with Crippen LogP contribution in [0.4, 0.5) is 11.4 Å². The van der Waals surface area contributed by atoms with Crippen LogP contribution in [-0.2, 0) is 4.79 Å². The van der Waals surface area contributed by atoms with E-state index in [0.717, 1.165) is 19.5 Å². The highest BCUT2D eigenvalue weighted by molar-refractivity contribution is 6.40. The molecule has 1 rings (SSSR count). The molecular weight excluding hydrogens is 311 g/mol. The second-order valence-electron chi connectivity index (χ2n) is 5.30. The molecule has 0 atom stereocenters. The zero-order chi connectivity index (χ0) is 16.0. The largest absolute Gasteiger partial charge is 0.399 e. The normalized spacial score (nSPS) is 11.2. The van der Waals surface area contributed by atoms with Crippen molar-refractivity contribution < 1.29 is 4.79 Å². The first-order valence-corrected chi connectivity index (χ1v) is 7.43. The van der Waals surface area contributed by atoms with Gasteiger partial charge < -0.3 is 16.0 Å². The van der Waals surface area contributed by atoms with Crippen LogP contribution in [0.3, 0.4) is 0 Å². The van der Waals surface area contributed by atoms with Gasteiger partial charge >= 0.3 is 0 Å². The monoisotopic (exact) mass is 332 g/mol. The standard InChI is InChI=1S/C14H22Cl2N4O/c1-19(2)5-4-6-20(3)9-13(21)18-14-11(15)7-10(17)8-12(14)16/h7-8H,4-6,9,17H2,1-3H3,(H,18,21). The zero-order valence-electron chi connectivity index (χ0n) is 12.6. The van der Waals surface area contributed by atoms with E-state index < -0.39 is 0 Å². The molecule has 21 heavy (non-hydrogen) atoms. The molecule has 0 aliphatic heterocycles. The van der Waals surface area contributed by atoms with E-state index in [0.29, 0.717) is 21.4 Å². The minimum absolute atomic E-state index is 0.157. The third kappa shape index (κ3) is 6.52. The maximum atomic E-state index is 12.0. The van der Waals surface area contributed by atoms with Gasteiger partial charge in [-0.25, -0.2) is 0 Å². The summed E-state index contributed by atoms with van der Waals surface area (Å²) in [6.45, 7) is 2.11. The highest BCUT2D eigenvalue weighted by atomic mass is 35.5. The summed E-state index contributed by atoms with van der Waals surface area (Å²) in [5.74, 6) is -0.157. The fourth-order valence-electron chi connectivity index (χ4n) is 1.87. The molecule has 0 radical (unpaired) electrons. The molecule has 0 aliphatic rings. The topological polar surface area (TPSA) is 61.6 Å². The first kappa shape index (κ1) is 18.0. The third-order valence-corrected chi connectivity index (χ3v) is 3.48. The fourth-order valence-corrected chi connectivity index (χ4v) is 2.47. The number of hydrogen-bond acceptors (Lipinski definition) is 4. The van der Waals surface area contributed by atoms with Crippen LogP contribution >= 0.6 is 23.2 Å². The lowest BCUT2D eigenvalue weighted by molar-refractivity contribution is -0.117. The number of carbonyl (C=O) groups is 1. The highest BCUT2D eigenvalue weighted by Gasteiger charge is 2.12. The van der Waals surface area contributed by atoms with Gasteiger partial charge in [-0.3, -0.25) is 9.69 Å². The predicted octanol–water partition coefficient (Wildman–Crippen LogP) is 2.40. The Morgan fingerprint density at radius 2 is 1.76 bits per heavy atom. The van der Waals surface area contributed by atoms with Crippen molar-refractivity contribution in [2.45, 2.75) is 6.42 Å². The van der Waals surface area contributed by atoms with Crippen molar-refractivity contribution in [3.63, 3.8) is 0 Å². The molecule has 0 bridgehead atoms. The lowest BCUT2D eigenvalue weighted by Gasteiger charge is -2.18. The molecule has 7 heteroatoms. The average Bonchev–Trinajstić information content (AvgIpc) is 2.33. The summed E-state index contributed by atoms with van der Waals surface area (Å²) in [6.07, 6.45) is 1.00. The Hall–Kier alpha value is -1.01. The van der Waals surface area contributed by atoms with Crippen molar-refractivity contribution in [1.82, 2.24) is 9.80 Å². The van der Waals surface area contributed by atoms with Crippen molar-refractivity contribution in [1.29, 1.82) is 0 Å². The van der Waals surface area contributed by atoms with Crippen molar-refractivity contribution in [2.24, 2.45) is 0 Å². The minimum atomic E-state index is -0.157. The first-order chi connectivity index (χ1) is 9.79. The Balaban J connectivity index is 2.50. The molecule has 0 heterocycles. The number of nitrogens with zero attached hydrogens (tertiary/aromatic N) is 2. The lowest BCUT2D eigenvalue weighted by atomic mass is 10.2. The van der Waals surface area contributed by atoms with Gasteiger partial charge in [0.2, 0.25) is 5.91 Å². The van der Waals surface area contributed by atoms with E-state index in [1.54, 1.807) is 12.1 Å². The summed E-state index contributed by atoms with van der Waals surface area (Å²) >= 11 is 12.1. The van der Waals surface area contributed by atoms with Crippen molar-refractivity contribution in [3.8, 4) is 0 Å². The molecule has 3 N–H and O–H groups in total. The second kappa shape index (κ2) is 8.44. The number of nitrogens with one attached hydrogen (secondary N) is 1. The Kier molecular flexibility index (Phi) is 7.25. The smallest absolute Gasteiger partial charge is 0.238 e. The maximum absolute atomic E-state index is 12.0. The van der Waals surface area contributed by atoms with Gasteiger partial charge in [0, 0.05) is 5.69 Å². The first-order valence-electron chi connectivity index (χ1n) is 6.67. The molecule has 1 aromatic rings. The molecule has 0 aromatic heterocycles. The van der Waals surface area contributed by atoms with Gasteiger partial charge in [0.25, 0.3) is 0 Å². The van der Waals surface area contributed by atoms with Gasteiger partial charge in [-0.05, 0) is 52.8 Å². The van der Waals surface area contributed by atoms with Gasteiger partial charge in [0.05, 0.1) is 22.3 Å².